The lowest BCUT2D eigenvalue weighted by Crippen LogP contribution is -2.22. The lowest BCUT2D eigenvalue weighted by Gasteiger charge is -2.13. The first-order valence-electron chi connectivity index (χ1n) is 11.2. The average molecular weight is 453 g/mol. The number of nitrogens with one attached hydrogen (secondary N) is 4. The zero-order valence-electron chi connectivity index (χ0n) is 18.5. The van der Waals surface area contributed by atoms with Crippen LogP contribution in [0.5, 0.6) is 0 Å². The van der Waals surface area contributed by atoms with E-state index >= 15 is 0 Å². The van der Waals surface area contributed by atoms with E-state index in [4.69, 9.17) is 0 Å². The van der Waals surface area contributed by atoms with Gasteiger partial charge < -0.3 is 21.3 Å². The summed E-state index contributed by atoms with van der Waals surface area (Å²) in [6.07, 6.45) is 0. The minimum atomic E-state index is -0.256. The number of aliphatic imine (C=N–C) groups is 2. The van der Waals surface area contributed by atoms with Crippen LogP contribution in [0.2, 0.25) is 0 Å². The molecular weight excluding hydrogens is 428 g/mol. The number of hydrogen-bond donors (Lipinski definition) is 4. The number of hydrogen-bond acceptors (Lipinski definition) is 6. The van der Waals surface area contributed by atoms with Gasteiger partial charge in [-0.25, -0.2) is 0 Å². The minimum Gasteiger partial charge on any atom is -0.368 e. The second-order valence-electron chi connectivity index (χ2n) is 7.89. The lowest BCUT2D eigenvalue weighted by molar-refractivity contribution is 0.101. The highest BCUT2D eigenvalue weighted by molar-refractivity contribution is 6.12. The van der Waals surface area contributed by atoms with Crippen LogP contribution in [0.25, 0.3) is 0 Å². The molecule has 3 aromatic rings. The van der Waals surface area contributed by atoms with Crippen LogP contribution in [0.4, 0.5) is 11.4 Å². The van der Waals surface area contributed by atoms with Gasteiger partial charge in [0.15, 0.2) is 0 Å². The van der Waals surface area contributed by atoms with Gasteiger partial charge in [-0.1, -0.05) is 24.3 Å². The van der Waals surface area contributed by atoms with Crippen LogP contribution >= 0.6 is 0 Å². The number of amidine groups is 2. The van der Waals surface area contributed by atoms with E-state index in [1.165, 1.54) is 0 Å². The zero-order valence-corrected chi connectivity index (χ0v) is 18.5. The maximum absolute atomic E-state index is 12.9. The van der Waals surface area contributed by atoms with E-state index in [-0.39, 0.29) is 11.8 Å². The first-order valence-corrected chi connectivity index (χ1v) is 11.2. The summed E-state index contributed by atoms with van der Waals surface area (Å²) in [6, 6.07) is 21.7. The summed E-state index contributed by atoms with van der Waals surface area (Å²) in [4.78, 5) is 34.6. The van der Waals surface area contributed by atoms with Gasteiger partial charge in [-0.05, 0) is 48.5 Å². The van der Waals surface area contributed by atoms with Crippen molar-refractivity contribution in [3.05, 3.63) is 95.1 Å². The maximum atomic E-state index is 12.9. The Kier molecular flexibility index (Phi) is 6.03. The minimum absolute atomic E-state index is 0.256. The van der Waals surface area contributed by atoms with Crippen molar-refractivity contribution in [1.82, 2.24) is 10.6 Å². The highest BCUT2D eigenvalue weighted by Crippen LogP contribution is 2.20. The smallest absolute Gasteiger partial charge is 0.255 e. The second kappa shape index (κ2) is 9.58. The van der Waals surface area contributed by atoms with E-state index in [2.05, 4.69) is 31.3 Å². The molecule has 2 aliphatic heterocycles. The van der Waals surface area contributed by atoms with Crippen LogP contribution in [0, 0.1) is 0 Å². The van der Waals surface area contributed by atoms with Gasteiger partial charge in [-0.2, -0.15) is 0 Å². The molecule has 0 aromatic heterocycles. The van der Waals surface area contributed by atoms with E-state index in [9.17, 15) is 9.59 Å². The van der Waals surface area contributed by atoms with Gasteiger partial charge in [0, 0.05) is 35.3 Å². The quantitative estimate of drug-likeness (QED) is 0.461. The molecule has 8 heteroatoms. The van der Waals surface area contributed by atoms with Crippen molar-refractivity contribution < 1.29 is 9.59 Å². The number of benzene rings is 3. The molecule has 0 saturated heterocycles. The summed E-state index contributed by atoms with van der Waals surface area (Å²) in [6.45, 7) is 3.01. The zero-order chi connectivity index (χ0) is 23.3. The van der Waals surface area contributed by atoms with Crippen LogP contribution in [-0.2, 0) is 0 Å². The molecule has 2 amide bonds. The van der Waals surface area contributed by atoms with Crippen molar-refractivity contribution in [2.75, 3.05) is 36.8 Å². The number of carbonyl (C=O) groups excluding carboxylic acids is 2. The first-order chi connectivity index (χ1) is 16.7. The molecule has 0 aliphatic carbocycles. The summed E-state index contributed by atoms with van der Waals surface area (Å²) < 4.78 is 0. The standard InChI is InChI=1S/C26H24N6O2/c33-25(31-21-7-3-1-5-19(21)23-27-13-14-28-23)17-9-11-18(12-10-17)26(34)32-22-8-4-2-6-20(22)24-29-15-16-30-24/h1-12H,13-16H2,(H,27,28)(H,29,30)(H,31,33)(H,32,34). The molecule has 170 valence electrons. The van der Waals surface area contributed by atoms with Gasteiger partial charge in [0.1, 0.15) is 11.7 Å². The van der Waals surface area contributed by atoms with Crippen molar-refractivity contribution in [3.63, 3.8) is 0 Å². The molecule has 0 saturated carbocycles. The molecule has 5 rings (SSSR count). The highest BCUT2D eigenvalue weighted by Gasteiger charge is 2.17. The molecule has 0 bridgehead atoms. The Morgan fingerprint density at radius 1 is 0.618 bits per heavy atom. The van der Waals surface area contributed by atoms with Gasteiger partial charge in [0.05, 0.1) is 24.5 Å². The van der Waals surface area contributed by atoms with Crippen molar-refractivity contribution in [3.8, 4) is 0 Å². The molecule has 0 unspecified atom stereocenters. The average Bonchev–Trinajstić information content (AvgIpc) is 3.60. The highest BCUT2D eigenvalue weighted by atomic mass is 16.2. The molecular formula is C26H24N6O2. The van der Waals surface area contributed by atoms with E-state index in [1.807, 2.05) is 48.5 Å². The molecule has 2 aliphatic rings. The monoisotopic (exact) mass is 452 g/mol. The number of carbonyl (C=O) groups is 2. The van der Waals surface area contributed by atoms with Crippen molar-refractivity contribution in [2.24, 2.45) is 9.98 Å². The number of anilines is 2. The van der Waals surface area contributed by atoms with Gasteiger partial charge in [-0.3, -0.25) is 19.6 Å². The van der Waals surface area contributed by atoms with E-state index in [1.54, 1.807) is 24.3 Å². The fourth-order valence-corrected chi connectivity index (χ4v) is 3.92. The van der Waals surface area contributed by atoms with Crippen molar-refractivity contribution in [1.29, 1.82) is 0 Å². The fourth-order valence-electron chi connectivity index (χ4n) is 3.92. The Balaban J connectivity index is 1.28. The first kappa shape index (κ1) is 21.4. The summed E-state index contributed by atoms with van der Waals surface area (Å²) in [5.41, 5.74) is 3.98. The van der Waals surface area contributed by atoms with Crippen LogP contribution < -0.4 is 21.3 Å². The van der Waals surface area contributed by atoms with E-state index in [0.29, 0.717) is 22.5 Å². The molecule has 2 heterocycles. The van der Waals surface area contributed by atoms with Crippen LogP contribution in [0.3, 0.4) is 0 Å². The Morgan fingerprint density at radius 3 is 1.41 bits per heavy atom. The Labute approximate surface area is 197 Å². The Morgan fingerprint density at radius 2 is 1.03 bits per heavy atom. The summed E-state index contributed by atoms with van der Waals surface area (Å²) in [5, 5.41) is 12.4. The number of rotatable bonds is 6. The van der Waals surface area contributed by atoms with Crippen molar-refractivity contribution >= 4 is 34.9 Å². The maximum Gasteiger partial charge on any atom is 0.255 e. The normalized spacial score (nSPS) is 14.5. The molecule has 34 heavy (non-hydrogen) atoms. The summed E-state index contributed by atoms with van der Waals surface area (Å²) in [7, 11) is 0. The molecule has 8 nitrogen and oxygen atoms in total. The van der Waals surface area contributed by atoms with Crippen LogP contribution in [0.15, 0.2) is 82.8 Å². The molecule has 3 aromatic carbocycles. The fraction of sp³-hybridized carbons (Fsp3) is 0.154. The molecule has 0 radical (unpaired) electrons. The molecule has 0 spiro atoms. The topological polar surface area (TPSA) is 107 Å². The Bertz CT molecular complexity index is 1200. The predicted molar refractivity (Wildman–Crippen MR) is 134 cm³/mol. The largest absolute Gasteiger partial charge is 0.368 e. The predicted octanol–water partition coefficient (Wildman–Crippen LogP) is 2.89. The summed E-state index contributed by atoms with van der Waals surface area (Å²) in [5.74, 6) is 1.05. The third kappa shape index (κ3) is 4.52. The van der Waals surface area contributed by atoms with E-state index in [0.717, 1.165) is 49.0 Å². The summed E-state index contributed by atoms with van der Waals surface area (Å²) >= 11 is 0. The SMILES string of the molecule is O=C(Nc1ccccc1C1=NCCN1)c1ccc(C(=O)Nc2ccccc2C2=NCCN2)cc1. The van der Waals surface area contributed by atoms with Crippen molar-refractivity contribution in [2.45, 2.75) is 0 Å². The van der Waals surface area contributed by atoms with Crippen LogP contribution in [-0.4, -0.2) is 49.7 Å². The number of para-hydroxylation sites is 2. The van der Waals surface area contributed by atoms with Gasteiger partial charge >= 0.3 is 0 Å². The molecule has 0 fully saturated rings. The third-order valence-corrected chi connectivity index (χ3v) is 5.62. The number of amides is 2. The Hall–Kier alpha value is -4.46. The molecule has 4 N–H and O–H groups in total. The second-order valence-corrected chi connectivity index (χ2v) is 7.89. The van der Waals surface area contributed by atoms with Gasteiger partial charge in [0.2, 0.25) is 0 Å². The van der Waals surface area contributed by atoms with Gasteiger partial charge in [0.25, 0.3) is 11.8 Å². The van der Waals surface area contributed by atoms with E-state index < -0.39 is 0 Å². The van der Waals surface area contributed by atoms with Gasteiger partial charge in [-0.15, -0.1) is 0 Å². The lowest BCUT2D eigenvalue weighted by atomic mass is 10.1. The number of nitrogens with zero attached hydrogens (tertiary/aromatic N) is 2. The molecule has 0 atom stereocenters. The van der Waals surface area contributed by atoms with Crippen LogP contribution in [0.1, 0.15) is 31.8 Å². The third-order valence-electron chi connectivity index (χ3n) is 5.62.